The van der Waals surface area contributed by atoms with Crippen LogP contribution in [-0.2, 0) is 6.42 Å². The molecule has 0 aliphatic heterocycles. The summed E-state index contributed by atoms with van der Waals surface area (Å²) in [4.78, 5) is 4.03. The third-order valence-electron chi connectivity index (χ3n) is 3.30. The molecule has 0 bridgehead atoms. The van der Waals surface area contributed by atoms with Crippen LogP contribution >= 0.6 is 0 Å². The molecular formula is C17H21NO3. The molecule has 112 valence electrons. The average Bonchev–Trinajstić information content (AvgIpc) is 2.54. The number of ether oxygens (including phenoxy) is 2. The molecule has 2 rings (SSSR count). The maximum Gasteiger partial charge on any atom is 0.161 e. The first-order valence-electron chi connectivity index (χ1n) is 7.12. The largest absolute Gasteiger partial charge is 0.493 e. The van der Waals surface area contributed by atoms with E-state index in [1.54, 1.807) is 19.5 Å². The zero-order valence-electron chi connectivity index (χ0n) is 12.5. The van der Waals surface area contributed by atoms with E-state index in [1.165, 1.54) is 0 Å². The maximum atomic E-state index is 10.2. The van der Waals surface area contributed by atoms with Crippen LogP contribution in [0.3, 0.4) is 0 Å². The molecule has 0 aliphatic carbocycles. The van der Waals surface area contributed by atoms with E-state index in [0.717, 1.165) is 29.0 Å². The minimum Gasteiger partial charge on any atom is -0.493 e. The molecule has 1 aromatic heterocycles. The van der Waals surface area contributed by atoms with Crippen LogP contribution in [0.1, 0.15) is 30.6 Å². The Bertz CT molecular complexity index is 557. The number of aliphatic hydroxyl groups is 1. The second-order valence-corrected chi connectivity index (χ2v) is 4.76. The summed E-state index contributed by atoms with van der Waals surface area (Å²) in [6.45, 7) is 2.54. The van der Waals surface area contributed by atoms with Crippen molar-refractivity contribution in [2.45, 2.75) is 25.9 Å². The first-order valence-corrected chi connectivity index (χ1v) is 7.12. The van der Waals surface area contributed by atoms with E-state index < -0.39 is 6.10 Å². The van der Waals surface area contributed by atoms with Gasteiger partial charge in [0.1, 0.15) is 0 Å². The minimum atomic E-state index is -0.503. The molecule has 4 heteroatoms. The number of pyridine rings is 1. The van der Waals surface area contributed by atoms with Crippen molar-refractivity contribution < 1.29 is 14.6 Å². The average molecular weight is 287 g/mol. The van der Waals surface area contributed by atoms with Gasteiger partial charge in [-0.3, -0.25) is 4.98 Å². The van der Waals surface area contributed by atoms with E-state index in [4.69, 9.17) is 9.47 Å². The summed E-state index contributed by atoms with van der Waals surface area (Å²) in [6.07, 6.45) is 4.30. The lowest BCUT2D eigenvalue weighted by Crippen LogP contribution is -2.01. The number of hydrogen-bond acceptors (Lipinski definition) is 4. The van der Waals surface area contributed by atoms with Crippen LogP contribution in [0.2, 0.25) is 0 Å². The Balaban J connectivity index is 2.01. The van der Waals surface area contributed by atoms with Gasteiger partial charge in [0.2, 0.25) is 0 Å². The lowest BCUT2D eigenvalue weighted by molar-refractivity contribution is 0.167. The van der Waals surface area contributed by atoms with Crippen LogP contribution in [0.25, 0.3) is 0 Å². The fourth-order valence-corrected chi connectivity index (χ4v) is 2.19. The zero-order chi connectivity index (χ0) is 15.1. The van der Waals surface area contributed by atoms with Gasteiger partial charge in [0.15, 0.2) is 11.5 Å². The van der Waals surface area contributed by atoms with E-state index >= 15 is 0 Å². The van der Waals surface area contributed by atoms with Gasteiger partial charge >= 0.3 is 0 Å². The van der Waals surface area contributed by atoms with Crippen molar-refractivity contribution in [2.75, 3.05) is 13.7 Å². The van der Waals surface area contributed by atoms with Gasteiger partial charge in [-0.25, -0.2) is 0 Å². The predicted molar refractivity (Wildman–Crippen MR) is 81.7 cm³/mol. The lowest BCUT2D eigenvalue weighted by Gasteiger charge is -2.13. The summed E-state index contributed by atoms with van der Waals surface area (Å²) in [6, 6.07) is 9.59. The molecule has 2 aromatic rings. The monoisotopic (exact) mass is 287 g/mol. The van der Waals surface area contributed by atoms with Crippen molar-refractivity contribution in [2.24, 2.45) is 0 Å². The second-order valence-electron chi connectivity index (χ2n) is 4.76. The van der Waals surface area contributed by atoms with Crippen molar-refractivity contribution in [1.29, 1.82) is 0 Å². The predicted octanol–water partition coefficient (Wildman–Crippen LogP) is 3.16. The molecule has 1 aromatic carbocycles. The third kappa shape index (κ3) is 4.20. The number of hydrogen-bond donors (Lipinski definition) is 1. The molecule has 0 saturated carbocycles. The smallest absolute Gasteiger partial charge is 0.161 e. The Kier molecular flexibility index (Phi) is 5.58. The number of aromatic nitrogens is 1. The van der Waals surface area contributed by atoms with Crippen LogP contribution < -0.4 is 9.47 Å². The Labute approximate surface area is 125 Å². The van der Waals surface area contributed by atoms with Gasteiger partial charge in [-0.1, -0.05) is 12.1 Å². The molecule has 0 amide bonds. The molecule has 0 radical (unpaired) electrons. The van der Waals surface area contributed by atoms with E-state index in [9.17, 15) is 5.11 Å². The first-order chi connectivity index (χ1) is 10.2. The number of aryl methyl sites for hydroxylation is 1. The van der Waals surface area contributed by atoms with Gasteiger partial charge in [0, 0.05) is 12.4 Å². The SMILES string of the molecule is CCOc1cc(CCC(O)c2cccnc2)ccc1OC. The number of rotatable bonds is 7. The molecular weight excluding hydrogens is 266 g/mol. The first kappa shape index (κ1) is 15.3. The number of methoxy groups -OCH3 is 1. The van der Waals surface area contributed by atoms with Crippen molar-refractivity contribution in [3.05, 3.63) is 53.9 Å². The van der Waals surface area contributed by atoms with Gasteiger partial charge < -0.3 is 14.6 Å². The van der Waals surface area contributed by atoms with Gasteiger partial charge in [-0.15, -0.1) is 0 Å². The summed E-state index contributed by atoms with van der Waals surface area (Å²) < 4.78 is 10.8. The van der Waals surface area contributed by atoms with E-state index in [-0.39, 0.29) is 0 Å². The summed E-state index contributed by atoms with van der Waals surface area (Å²) in [5.74, 6) is 1.47. The van der Waals surface area contributed by atoms with Gasteiger partial charge in [0.25, 0.3) is 0 Å². The third-order valence-corrected chi connectivity index (χ3v) is 3.30. The molecule has 0 spiro atoms. The highest BCUT2D eigenvalue weighted by Gasteiger charge is 2.10. The summed E-state index contributed by atoms with van der Waals surface area (Å²) >= 11 is 0. The Hall–Kier alpha value is -2.07. The molecule has 1 heterocycles. The van der Waals surface area contributed by atoms with Gasteiger partial charge in [-0.2, -0.15) is 0 Å². The van der Waals surface area contributed by atoms with Crippen molar-refractivity contribution >= 4 is 0 Å². The van der Waals surface area contributed by atoms with Crippen molar-refractivity contribution in [3.8, 4) is 11.5 Å². The van der Waals surface area contributed by atoms with Crippen LogP contribution in [0.5, 0.6) is 11.5 Å². The molecule has 4 nitrogen and oxygen atoms in total. The number of benzene rings is 1. The number of nitrogens with zero attached hydrogens (tertiary/aromatic N) is 1. The highest BCUT2D eigenvalue weighted by molar-refractivity contribution is 5.43. The fourth-order valence-electron chi connectivity index (χ4n) is 2.19. The quantitative estimate of drug-likeness (QED) is 0.850. The highest BCUT2D eigenvalue weighted by atomic mass is 16.5. The van der Waals surface area contributed by atoms with Gasteiger partial charge in [-0.05, 0) is 49.1 Å². The molecule has 1 N–H and O–H groups in total. The fraction of sp³-hybridized carbons (Fsp3) is 0.353. The zero-order valence-corrected chi connectivity index (χ0v) is 12.5. The lowest BCUT2D eigenvalue weighted by atomic mass is 10.0. The van der Waals surface area contributed by atoms with Crippen LogP contribution in [0.4, 0.5) is 0 Å². The van der Waals surface area contributed by atoms with Crippen molar-refractivity contribution in [3.63, 3.8) is 0 Å². The summed E-state index contributed by atoms with van der Waals surface area (Å²) in [7, 11) is 1.63. The maximum absolute atomic E-state index is 10.2. The normalized spacial score (nSPS) is 12.0. The molecule has 1 atom stereocenters. The molecule has 0 fully saturated rings. The minimum absolute atomic E-state index is 0.503. The van der Waals surface area contributed by atoms with Crippen LogP contribution in [-0.4, -0.2) is 23.8 Å². The molecule has 21 heavy (non-hydrogen) atoms. The second kappa shape index (κ2) is 7.64. The standard InChI is InChI=1S/C17H21NO3/c1-3-21-17-11-13(7-9-16(17)20-2)6-8-15(19)14-5-4-10-18-12-14/h4-5,7,9-12,15,19H,3,6,8H2,1-2H3. The van der Waals surface area contributed by atoms with Crippen LogP contribution in [0, 0.1) is 0 Å². The van der Waals surface area contributed by atoms with E-state index in [2.05, 4.69) is 4.98 Å². The van der Waals surface area contributed by atoms with Crippen LogP contribution in [0.15, 0.2) is 42.7 Å². The molecule has 0 saturated heterocycles. The van der Waals surface area contributed by atoms with Crippen molar-refractivity contribution in [1.82, 2.24) is 4.98 Å². The highest BCUT2D eigenvalue weighted by Crippen LogP contribution is 2.29. The topological polar surface area (TPSA) is 51.6 Å². The summed E-state index contributed by atoms with van der Waals surface area (Å²) in [5, 5.41) is 10.2. The molecule has 1 unspecified atom stereocenters. The Morgan fingerprint density at radius 1 is 1.24 bits per heavy atom. The van der Waals surface area contributed by atoms with Gasteiger partial charge in [0.05, 0.1) is 19.8 Å². The molecule has 0 aliphatic rings. The van der Waals surface area contributed by atoms with E-state index in [0.29, 0.717) is 13.0 Å². The Morgan fingerprint density at radius 3 is 2.76 bits per heavy atom. The number of aliphatic hydroxyl groups excluding tert-OH is 1. The van der Waals surface area contributed by atoms with E-state index in [1.807, 2.05) is 37.3 Å². The summed E-state index contributed by atoms with van der Waals surface area (Å²) in [5.41, 5.74) is 1.96. The Morgan fingerprint density at radius 2 is 2.10 bits per heavy atom.